The van der Waals surface area contributed by atoms with E-state index < -0.39 is 0 Å². The lowest BCUT2D eigenvalue weighted by Gasteiger charge is -2.32. The number of aliphatic hydroxyl groups excluding tert-OH is 1. The molecule has 1 aliphatic rings. The molecule has 0 aliphatic carbocycles. The first-order valence-corrected chi connectivity index (χ1v) is 13.7. The largest absolute Gasteiger partial charge is 0.391 e. The number of aliphatic hydroxyl groups is 1. The highest BCUT2D eigenvalue weighted by Crippen LogP contribution is 2.25. The average Bonchev–Trinajstić information content (AvgIpc) is 3.64. The van der Waals surface area contributed by atoms with E-state index in [-0.39, 0.29) is 17.9 Å². The third kappa shape index (κ3) is 5.41. The minimum Gasteiger partial charge on any atom is -0.391 e. The molecule has 0 spiro atoms. The van der Waals surface area contributed by atoms with Gasteiger partial charge in [0.25, 0.3) is 11.8 Å². The number of fused-ring (bicyclic) bond motifs is 1. The summed E-state index contributed by atoms with van der Waals surface area (Å²) < 4.78 is 1.82. The fraction of sp³-hybridized carbons (Fsp3) is 0.167. The lowest BCUT2D eigenvalue weighted by molar-refractivity contribution is 0.102. The van der Waals surface area contributed by atoms with Crippen LogP contribution in [0.25, 0.3) is 16.6 Å². The number of carbonyl (C=O) groups is 2. The number of amides is 2. The van der Waals surface area contributed by atoms with Crippen molar-refractivity contribution in [3.63, 3.8) is 0 Å². The Bertz CT molecular complexity index is 1610. The number of aromatic nitrogens is 2. The third-order valence-corrected chi connectivity index (χ3v) is 7.70. The lowest BCUT2D eigenvalue weighted by Crippen LogP contribution is -2.38. The topological polar surface area (TPSA) is 99.5 Å². The summed E-state index contributed by atoms with van der Waals surface area (Å²) in [5.41, 5.74) is 4.73. The number of nitrogens with zero attached hydrogens (tertiary/aromatic N) is 3. The van der Waals surface area contributed by atoms with Crippen LogP contribution >= 0.6 is 11.3 Å². The van der Waals surface area contributed by atoms with Crippen molar-refractivity contribution >= 4 is 51.1 Å². The second-order valence-electron chi connectivity index (χ2n) is 9.55. The average molecular weight is 538 g/mol. The van der Waals surface area contributed by atoms with Crippen molar-refractivity contribution < 1.29 is 14.7 Å². The van der Waals surface area contributed by atoms with Gasteiger partial charge < -0.3 is 20.6 Å². The summed E-state index contributed by atoms with van der Waals surface area (Å²) >= 11 is 1.40. The van der Waals surface area contributed by atoms with Crippen molar-refractivity contribution in [2.24, 2.45) is 0 Å². The number of anilines is 3. The Morgan fingerprint density at radius 1 is 0.897 bits per heavy atom. The summed E-state index contributed by atoms with van der Waals surface area (Å²) in [6.45, 7) is 1.53. The molecule has 0 bridgehead atoms. The van der Waals surface area contributed by atoms with E-state index in [4.69, 9.17) is 0 Å². The van der Waals surface area contributed by atoms with Crippen LogP contribution in [0.15, 0.2) is 90.4 Å². The van der Waals surface area contributed by atoms with Gasteiger partial charge in [-0.25, -0.2) is 4.68 Å². The molecule has 3 aromatic carbocycles. The summed E-state index contributed by atoms with van der Waals surface area (Å²) in [6.07, 6.45) is 3.26. The summed E-state index contributed by atoms with van der Waals surface area (Å²) in [5, 5.41) is 23.1. The Kier molecular flexibility index (Phi) is 6.83. The number of nitrogens with one attached hydrogen (secondary N) is 2. The molecule has 1 fully saturated rings. The van der Waals surface area contributed by atoms with Crippen molar-refractivity contribution in [3.05, 3.63) is 101 Å². The Balaban J connectivity index is 1.12. The number of β-amino-alcohol motifs (C(OH)–C–C–N with tert-alkyl or cyclic N) is 1. The minimum absolute atomic E-state index is 0.130. The maximum absolute atomic E-state index is 12.9. The van der Waals surface area contributed by atoms with Gasteiger partial charge in [-0.1, -0.05) is 6.07 Å². The monoisotopic (exact) mass is 537 g/mol. The molecule has 0 radical (unpaired) electrons. The van der Waals surface area contributed by atoms with E-state index in [0.717, 1.165) is 41.7 Å². The van der Waals surface area contributed by atoms with Crippen LogP contribution in [0, 0.1) is 0 Å². The first kappa shape index (κ1) is 24.8. The highest BCUT2D eigenvalue weighted by atomic mass is 32.1. The molecule has 1 aliphatic heterocycles. The fourth-order valence-corrected chi connectivity index (χ4v) is 5.44. The number of carbonyl (C=O) groups excluding carboxylic acids is 2. The molecule has 1 saturated heterocycles. The van der Waals surface area contributed by atoms with Crippen LogP contribution in [0.5, 0.6) is 0 Å². The predicted octanol–water partition coefficient (Wildman–Crippen LogP) is 5.55. The zero-order valence-electron chi connectivity index (χ0n) is 21.1. The molecular formula is C30H27N5O3S. The standard InChI is InChI=1S/C30H27N5O3S/c36-26-3-1-15-34(19-26)24-10-5-20(6-11-24)29(37)33-23-9-14-27-21(17-23)18-31-35(27)25-12-7-22(8-13-25)32-30(38)28-4-2-16-39-28/h2,4-14,16-18,26,36H,1,3,15,19H2,(H,32,38)(H,33,37). The summed E-state index contributed by atoms with van der Waals surface area (Å²) in [5.74, 6) is -0.318. The van der Waals surface area contributed by atoms with Gasteiger partial charge in [-0.15, -0.1) is 11.3 Å². The van der Waals surface area contributed by atoms with Crippen LogP contribution in [-0.4, -0.2) is 45.9 Å². The molecule has 5 aromatic rings. The molecule has 3 heterocycles. The SMILES string of the molecule is O=C(Nc1ccc2c(cnn2-c2ccc(NC(=O)c3cccs3)cc2)c1)c1ccc(N2CCCC(O)C2)cc1. The minimum atomic E-state index is -0.301. The fourth-order valence-electron chi connectivity index (χ4n) is 4.82. The molecule has 6 rings (SSSR count). The van der Waals surface area contributed by atoms with E-state index in [2.05, 4.69) is 20.6 Å². The molecule has 1 unspecified atom stereocenters. The van der Waals surface area contributed by atoms with E-state index in [1.165, 1.54) is 11.3 Å². The highest BCUT2D eigenvalue weighted by molar-refractivity contribution is 7.12. The second-order valence-corrected chi connectivity index (χ2v) is 10.5. The molecule has 0 saturated carbocycles. The molecule has 39 heavy (non-hydrogen) atoms. The zero-order valence-corrected chi connectivity index (χ0v) is 21.9. The van der Waals surface area contributed by atoms with Crippen LogP contribution in [0.3, 0.4) is 0 Å². The maximum Gasteiger partial charge on any atom is 0.265 e. The van der Waals surface area contributed by atoms with E-state index in [0.29, 0.717) is 28.4 Å². The van der Waals surface area contributed by atoms with Crippen LogP contribution in [0.1, 0.15) is 32.9 Å². The summed E-state index contributed by atoms with van der Waals surface area (Å²) in [4.78, 5) is 28.0. The second kappa shape index (κ2) is 10.7. The van der Waals surface area contributed by atoms with E-state index in [1.807, 2.05) is 82.9 Å². The van der Waals surface area contributed by atoms with Gasteiger partial charge in [0.05, 0.1) is 28.4 Å². The van der Waals surface area contributed by atoms with Gasteiger partial charge in [0.1, 0.15) is 0 Å². The van der Waals surface area contributed by atoms with E-state index >= 15 is 0 Å². The smallest absolute Gasteiger partial charge is 0.265 e. The first-order chi connectivity index (χ1) is 19.0. The Hall–Kier alpha value is -4.47. The predicted molar refractivity (Wildman–Crippen MR) is 155 cm³/mol. The van der Waals surface area contributed by atoms with Gasteiger partial charge >= 0.3 is 0 Å². The third-order valence-electron chi connectivity index (χ3n) is 6.83. The number of hydrogen-bond donors (Lipinski definition) is 3. The normalized spacial score (nSPS) is 15.3. The molecule has 1 atom stereocenters. The molecule has 2 aromatic heterocycles. The van der Waals surface area contributed by atoms with Crippen LogP contribution in [0.4, 0.5) is 17.1 Å². The van der Waals surface area contributed by atoms with Crippen molar-refractivity contribution in [2.75, 3.05) is 28.6 Å². The van der Waals surface area contributed by atoms with Crippen LogP contribution < -0.4 is 15.5 Å². The molecule has 8 nitrogen and oxygen atoms in total. The van der Waals surface area contributed by atoms with Crippen molar-refractivity contribution in [3.8, 4) is 5.69 Å². The van der Waals surface area contributed by atoms with Crippen molar-refractivity contribution in [1.29, 1.82) is 0 Å². The lowest BCUT2D eigenvalue weighted by atomic mass is 10.1. The summed E-state index contributed by atoms with van der Waals surface area (Å²) in [7, 11) is 0. The molecular weight excluding hydrogens is 510 g/mol. The number of benzene rings is 3. The Labute approximate surface area is 229 Å². The van der Waals surface area contributed by atoms with Gasteiger partial charge in [0.2, 0.25) is 0 Å². The Morgan fingerprint density at radius 3 is 2.38 bits per heavy atom. The number of piperidine rings is 1. The maximum atomic E-state index is 12.9. The highest BCUT2D eigenvalue weighted by Gasteiger charge is 2.18. The number of thiophene rings is 1. The Morgan fingerprint density at radius 2 is 1.64 bits per heavy atom. The van der Waals surface area contributed by atoms with E-state index in [1.54, 1.807) is 12.3 Å². The molecule has 9 heteroatoms. The number of hydrogen-bond acceptors (Lipinski definition) is 6. The quantitative estimate of drug-likeness (QED) is 0.264. The van der Waals surface area contributed by atoms with Gasteiger partial charge in [-0.3, -0.25) is 9.59 Å². The van der Waals surface area contributed by atoms with Crippen molar-refractivity contribution in [2.45, 2.75) is 18.9 Å². The van der Waals surface area contributed by atoms with Gasteiger partial charge in [-0.05, 0) is 91.0 Å². The zero-order chi connectivity index (χ0) is 26.8. The van der Waals surface area contributed by atoms with Gasteiger partial charge in [0.15, 0.2) is 0 Å². The first-order valence-electron chi connectivity index (χ1n) is 12.8. The molecule has 196 valence electrons. The van der Waals surface area contributed by atoms with Crippen LogP contribution in [-0.2, 0) is 0 Å². The summed E-state index contributed by atoms with van der Waals surface area (Å²) in [6, 6.07) is 24.3. The van der Waals surface area contributed by atoms with Crippen LogP contribution in [0.2, 0.25) is 0 Å². The van der Waals surface area contributed by atoms with E-state index in [9.17, 15) is 14.7 Å². The van der Waals surface area contributed by atoms with Gasteiger partial charge in [-0.2, -0.15) is 5.10 Å². The molecule has 3 N–H and O–H groups in total. The molecule has 2 amide bonds. The number of rotatable bonds is 6. The van der Waals surface area contributed by atoms with Gasteiger partial charge in [0, 0.05) is 41.1 Å². The van der Waals surface area contributed by atoms with Crippen molar-refractivity contribution in [1.82, 2.24) is 9.78 Å².